The second-order valence-electron chi connectivity index (χ2n) is 6.16. The van der Waals surface area contributed by atoms with E-state index >= 15 is 0 Å². The summed E-state index contributed by atoms with van der Waals surface area (Å²) in [5.41, 5.74) is 1.01. The molecule has 1 aliphatic heterocycles. The van der Waals surface area contributed by atoms with Crippen LogP contribution in [0.2, 0.25) is 0 Å². The molecule has 23 heavy (non-hydrogen) atoms. The Bertz CT molecular complexity index is 694. The van der Waals surface area contributed by atoms with Crippen LogP contribution in [0.3, 0.4) is 0 Å². The van der Waals surface area contributed by atoms with Gasteiger partial charge in [-0.3, -0.25) is 4.79 Å². The number of benzene rings is 2. The molecule has 1 saturated heterocycles. The molecule has 3 nitrogen and oxygen atoms in total. The van der Waals surface area contributed by atoms with Crippen molar-refractivity contribution in [1.82, 2.24) is 4.90 Å². The summed E-state index contributed by atoms with van der Waals surface area (Å²) < 4.78 is 6.11. The van der Waals surface area contributed by atoms with Gasteiger partial charge in [0.25, 0.3) is 5.91 Å². The Hall–Kier alpha value is -2.39. The lowest BCUT2D eigenvalue weighted by Crippen LogP contribution is -2.44. The van der Waals surface area contributed by atoms with Crippen LogP contribution in [0.15, 0.2) is 73.3 Å². The molecule has 0 aliphatic carbocycles. The monoisotopic (exact) mass is 307 g/mol. The van der Waals surface area contributed by atoms with E-state index in [1.54, 1.807) is 6.08 Å². The minimum atomic E-state index is -0.702. The van der Waals surface area contributed by atoms with E-state index in [0.717, 1.165) is 5.56 Å². The third-order valence-electron chi connectivity index (χ3n) is 4.21. The molecule has 0 bridgehead atoms. The molecule has 2 atom stereocenters. The average molecular weight is 307 g/mol. The maximum Gasteiger partial charge on any atom is 0.256 e. The first kappa shape index (κ1) is 15.5. The van der Waals surface area contributed by atoms with Gasteiger partial charge in [0.15, 0.2) is 0 Å². The highest BCUT2D eigenvalue weighted by atomic mass is 16.5. The van der Waals surface area contributed by atoms with Gasteiger partial charge in [-0.05, 0) is 31.5 Å². The predicted octanol–water partition coefficient (Wildman–Crippen LogP) is 4.19. The van der Waals surface area contributed by atoms with Gasteiger partial charge in [0.2, 0.25) is 0 Å². The van der Waals surface area contributed by atoms with Gasteiger partial charge in [-0.25, -0.2) is 0 Å². The van der Waals surface area contributed by atoms with Crippen LogP contribution in [0.25, 0.3) is 0 Å². The number of amides is 1. The SMILES string of the molecule is C=C[C@H]1OC(C)(C)N(C(=O)c2ccccc2)[C@@H]1c1ccccc1. The third-order valence-corrected chi connectivity index (χ3v) is 4.21. The van der Waals surface area contributed by atoms with Crippen molar-refractivity contribution in [3.63, 3.8) is 0 Å². The molecule has 0 saturated carbocycles. The van der Waals surface area contributed by atoms with Crippen LogP contribution in [0.1, 0.15) is 35.8 Å². The number of rotatable bonds is 3. The zero-order chi connectivity index (χ0) is 16.4. The molecule has 1 aliphatic rings. The van der Waals surface area contributed by atoms with Crippen molar-refractivity contribution in [2.45, 2.75) is 31.7 Å². The van der Waals surface area contributed by atoms with E-state index in [4.69, 9.17) is 4.74 Å². The van der Waals surface area contributed by atoms with Crippen LogP contribution in [0.4, 0.5) is 0 Å². The summed E-state index contributed by atoms with van der Waals surface area (Å²) in [4.78, 5) is 14.9. The van der Waals surface area contributed by atoms with Crippen LogP contribution >= 0.6 is 0 Å². The van der Waals surface area contributed by atoms with E-state index in [9.17, 15) is 4.79 Å². The van der Waals surface area contributed by atoms with Gasteiger partial charge in [0.1, 0.15) is 11.8 Å². The van der Waals surface area contributed by atoms with Crippen LogP contribution in [-0.4, -0.2) is 22.6 Å². The summed E-state index contributed by atoms with van der Waals surface area (Å²) in [6.45, 7) is 7.74. The summed E-state index contributed by atoms with van der Waals surface area (Å²) in [5.74, 6) is -0.0335. The fourth-order valence-corrected chi connectivity index (χ4v) is 3.19. The average Bonchev–Trinajstić information content (AvgIpc) is 2.86. The van der Waals surface area contributed by atoms with Crippen molar-refractivity contribution in [2.75, 3.05) is 0 Å². The smallest absolute Gasteiger partial charge is 0.256 e. The van der Waals surface area contributed by atoms with Crippen molar-refractivity contribution in [2.24, 2.45) is 0 Å². The lowest BCUT2D eigenvalue weighted by Gasteiger charge is -2.34. The molecular formula is C20H21NO2. The molecule has 2 aromatic rings. The Labute approximate surface area is 137 Å². The first-order valence-corrected chi connectivity index (χ1v) is 7.78. The van der Waals surface area contributed by atoms with E-state index < -0.39 is 5.72 Å². The minimum absolute atomic E-state index is 0.0335. The molecule has 1 amide bonds. The second kappa shape index (κ2) is 6.01. The van der Waals surface area contributed by atoms with E-state index in [-0.39, 0.29) is 18.1 Å². The van der Waals surface area contributed by atoms with Gasteiger partial charge in [-0.1, -0.05) is 54.6 Å². The van der Waals surface area contributed by atoms with Crippen molar-refractivity contribution in [1.29, 1.82) is 0 Å². The maximum absolute atomic E-state index is 13.1. The van der Waals surface area contributed by atoms with Crippen molar-refractivity contribution in [3.05, 3.63) is 84.4 Å². The zero-order valence-corrected chi connectivity index (χ0v) is 13.5. The van der Waals surface area contributed by atoms with Gasteiger partial charge in [-0.2, -0.15) is 0 Å². The van der Waals surface area contributed by atoms with Crippen LogP contribution in [-0.2, 0) is 4.74 Å². The summed E-state index contributed by atoms with van der Waals surface area (Å²) >= 11 is 0. The van der Waals surface area contributed by atoms with Crippen molar-refractivity contribution >= 4 is 5.91 Å². The number of carbonyl (C=O) groups is 1. The van der Waals surface area contributed by atoms with Crippen LogP contribution < -0.4 is 0 Å². The van der Waals surface area contributed by atoms with E-state index in [2.05, 4.69) is 6.58 Å². The van der Waals surface area contributed by atoms with Gasteiger partial charge >= 0.3 is 0 Å². The predicted molar refractivity (Wildman–Crippen MR) is 90.9 cm³/mol. The molecule has 3 rings (SSSR count). The third kappa shape index (κ3) is 2.80. The van der Waals surface area contributed by atoms with Crippen LogP contribution in [0, 0.1) is 0 Å². The fraction of sp³-hybridized carbons (Fsp3) is 0.250. The highest BCUT2D eigenvalue weighted by Crippen LogP contribution is 2.42. The normalized spacial score (nSPS) is 22.8. The Morgan fingerprint density at radius 3 is 2.22 bits per heavy atom. The van der Waals surface area contributed by atoms with E-state index in [1.807, 2.05) is 79.4 Å². The largest absolute Gasteiger partial charge is 0.346 e. The van der Waals surface area contributed by atoms with Crippen molar-refractivity contribution in [3.8, 4) is 0 Å². The maximum atomic E-state index is 13.1. The van der Waals surface area contributed by atoms with Crippen molar-refractivity contribution < 1.29 is 9.53 Å². The molecule has 0 aromatic heterocycles. The molecular weight excluding hydrogens is 286 g/mol. The zero-order valence-electron chi connectivity index (χ0n) is 13.5. The second-order valence-corrected chi connectivity index (χ2v) is 6.16. The standard InChI is InChI=1S/C20H21NO2/c1-4-17-18(15-11-7-5-8-12-15)21(20(2,3)23-17)19(22)16-13-9-6-10-14-16/h4-14,17-18H,1H2,2-3H3/t17-,18-/m1/s1. The fourth-order valence-electron chi connectivity index (χ4n) is 3.19. The Morgan fingerprint density at radius 1 is 1.09 bits per heavy atom. The molecule has 1 heterocycles. The lowest BCUT2D eigenvalue weighted by molar-refractivity contribution is -0.0540. The Kier molecular flexibility index (Phi) is 4.05. The molecule has 3 heteroatoms. The summed E-state index contributed by atoms with van der Waals surface area (Å²) in [6, 6.07) is 19.1. The molecule has 0 spiro atoms. The Morgan fingerprint density at radius 2 is 1.65 bits per heavy atom. The lowest BCUT2D eigenvalue weighted by atomic mass is 9.99. The Balaban J connectivity index is 2.06. The van der Waals surface area contributed by atoms with E-state index in [0.29, 0.717) is 5.56 Å². The molecule has 1 fully saturated rings. The van der Waals surface area contributed by atoms with E-state index in [1.165, 1.54) is 0 Å². The topological polar surface area (TPSA) is 29.5 Å². The highest BCUT2D eigenvalue weighted by Gasteiger charge is 2.49. The van der Waals surface area contributed by atoms with Gasteiger partial charge in [-0.15, -0.1) is 6.58 Å². The number of hydrogen-bond donors (Lipinski definition) is 0. The number of hydrogen-bond acceptors (Lipinski definition) is 2. The number of nitrogens with zero attached hydrogens (tertiary/aromatic N) is 1. The minimum Gasteiger partial charge on any atom is -0.346 e. The summed E-state index contributed by atoms with van der Waals surface area (Å²) in [6.07, 6.45) is 1.54. The van der Waals surface area contributed by atoms with Gasteiger partial charge < -0.3 is 9.64 Å². The van der Waals surface area contributed by atoms with Gasteiger partial charge in [0, 0.05) is 5.56 Å². The molecule has 118 valence electrons. The molecule has 2 aromatic carbocycles. The molecule has 0 unspecified atom stereocenters. The summed E-state index contributed by atoms with van der Waals surface area (Å²) in [7, 11) is 0. The van der Waals surface area contributed by atoms with Gasteiger partial charge in [0.05, 0.1) is 6.04 Å². The first-order valence-electron chi connectivity index (χ1n) is 7.78. The van der Waals surface area contributed by atoms with Crippen LogP contribution in [0.5, 0.6) is 0 Å². The highest BCUT2D eigenvalue weighted by molar-refractivity contribution is 5.95. The summed E-state index contributed by atoms with van der Waals surface area (Å²) in [5, 5.41) is 0. The number of carbonyl (C=O) groups excluding carboxylic acids is 1. The number of ether oxygens (including phenoxy) is 1. The molecule has 0 radical (unpaired) electrons. The quantitative estimate of drug-likeness (QED) is 0.796. The molecule has 0 N–H and O–H groups in total. The first-order chi connectivity index (χ1) is 11.0.